The van der Waals surface area contributed by atoms with Gasteiger partial charge < -0.3 is 24.3 Å². The SMILES string of the molecule is CC(OCCOCCOCCNc1cccc2c1C(=O)N(C1CCC(=O)NC1=O)C2=O)C(=O)OC(C)(C)C. The highest BCUT2D eigenvalue weighted by atomic mass is 16.6. The van der Waals surface area contributed by atoms with E-state index in [0.717, 1.165) is 4.90 Å². The minimum absolute atomic E-state index is 0.0637. The van der Waals surface area contributed by atoms with Crippen LogP contribution in [0.5, 0.6) is 0 Å². The Kier molecular flexibility index (Phi) is 9.95. The molecular weight excluding hydrogens is 498 g/mol. The van der Waals surface area contributed by atoms with E-state index < -0.39 is 47.3 Å². The first-order valence-corrected chi connectivity index (χ1v) is 12.6. The average Bonchev–Trinajstić information content (AvgIpc) is 3.09. The van der Waals surface area contributed by atoms with Crippen molar-refractivity contribution >= 4 is 35.3 Å². The number of benzene rings is 1. The summed E-state index contributed by atoms with van der Waals surface area (Å²) in [4.78, 5) is 62.4. The zero-order valence-corrected chi connectivity index (χ0v) is 22.2. The average molecular weight is 534 g/mol. The van der Waals surface area contributed by atoms with Crippen LogP contribution in [0, 0.1) is 0 Å². The standard InChI is InChI=1S/C26H35N3O9/c1-16(25(34)38-26(2,3)4)37-15-14-36-13-12-35-11-10-27-18-7-5-6-17-21(18)24(33)29(23(17)32)19-8-9-20(30)28-22(19)31/h5-7,16,19,27H,8-15H2,1-4H3,(H,28,30,31). The zero-order chi connectivity index (χ0) is 27.9. The van der Waals surface area contributed by atoms with Gasteiger partial charge in [0, 0.05) is 18.7 Å². The third-order valence-electron chi connectivity index (χ3n) is 5.74. The molecule has 4 amide bonds. The second kappa shape index (κ2) is 12.9. The molecule has 1 fully saturated rings. The molecule has 2 unspecified atom stereocenters. The molecule has 2 N–H and O–H groups in total. The molecular formula is C26H35N3O9. The smallest absolute Gasteiger partial charge is 0.335 e. The van der Waals surface area contributed by atoms with E-state index in [2.05, 4.69) is 10.6 Å². The first kappa shape index (κ1) is 29.2. The Hall–Kier alpha value is -3.35. The third kappa shape index (κ3) is 7.59. The second-order valence-electron chi connectivity index (χ2n) is 9.87. The van der Waals surface area contributed by atoms with Crippen molar-refractivity contribution < 1.29 is 42.9 Å². The molecule has 0 aliphatic carbocycles. The maximum Gasteiger partial charge on any atom is 0.335 e. The lowest BCUT2D eigenvalue weighted by Crippen LogP contribution is -2.54. The van der Waals surface area contributed by atoms with Gasteiger partial charge in [-0.3, -0.25) is 29.4 Å². The molecule has 0 spiro atoms. The summed E-state index contributed by atoms with van der Waals surface area (Å²) < 4.78 is 21.6. The van der Waals surface area contributed by atoms with Crippen molar-refractivity contribution in [3.63, 3.8) is 0 Å². The van der Waals surface area contributed by atoms with Crippen molar-refractivity contribution in [1.82, 2.24) is 10.2 Å². The van der Waals surface area contributed by atoms with Crippen LogP contribution in [0.25, 0.3) is 0 Å². The fraction of sp³-hybridized carbons (Fsp3) is 0.577. The van der Waals surface area contributed by atoms with Crippen LogP contribution in [0.15, 0.2) is 18.2 Å². The van der Waals surface area contributed by atoms with Gasteiger partial charge in [-0.15, -0.1) is 0 Å². The fourth-order valence-electron chi connectivity index (χ4n) is 3.98. The Bertz CT molecular complexity index is 1070. The second-order valence-corrected chi connectivity index (χ2v) is 9.87. The first-order chi connectivity index (χ1) is 18.0. The topological polar surface area (TPSA) is 150 Å². The molecule has 208 valence electrons. The molecule has 0 saturated carbocycles. The lowest BCUT2D eigenvalue weighted by atomic mass is 10.0. The van der Waals surface area contributed by atoms with Gasteiger partial charge >= 0.3 is 5.97 Å². The predicted molar refractivity (Wildman–Crippen MR) is 135 cm³/mol. The van der Waals surface area contributed by atoms with Gasteiger partial charge in [-0.1, -0.05) is 6.07 Å². The normalized spacial score (nSPS) is 18.3. The quantitative estimate of drug-likeness (QED) is 0.216. The van der Waals surface area contributed by atoms with Gasteiger partial charge in [0.2, 0.25) is 11.8 Å². The molecule has 0 bridgehead atoms. The van der Waals surface area contributed by atoms with E-state index in [1.165, 1.54) is 0 Å². The van der Waals surface area contributed by atoms with Crippen LogP contribution in [0.3, 0.4) is 0 Å². The Balaban J connectivity index is 1.35. The fourth-order valence-corrected chi connectivity index (χ4v) is 3.98. The third-order valence-corrected chi connectivity index (χ3v) is 5.74. The molecule has 12 heteroatoms. The highest BCUT2D eigenvalue weighted by Gasteiger charge is 2.45. The van der Waals surface area contributed by atoms with Crippen molar-refractivity contribution in [2.24, 2.45) is 0 Å². The minimum atomic E-state index is -1.01. The van der Waals surface area contributed by atoms with Gasteiger partial charge in [0.25, 0.3) is 11.8 Å². The number of hydrogen-bond acceptors (Lipinski definition) is 10. The first-order valence-electron chi connectivity index (χ1n) is 12.6. The number of fused-ring (bicyclic) bond motifs is 1. The summed E-state index contributed by atoms with van der Waals surface area (Å²) in [5.41, 5.74) is 0.307. The molecule has 12 nitrogen and oxygen atoms in total. The molecule has 1 saturated heterocycles. The number of nitrogens with zero attached hydrogens (tertiary/aromatic N) is 1. The highest BCUT2D eigenvalue weighted by Crippen LogP contribution is 2.32. The van der Waals surface area contributed by atoms with Crippen LogP contribution >= 0.6 is 0 Å². The number of carbonyl (C=O) groups excluding carboxylic acids is 5. The van der Waals surface area contributed by atoms with Crippen molar-refractivity contribution in [3.05, 3.63) is 29.3 Å². The van der Waals surface area contributed by atoms with Crippen LogP contribution in [0.4, 0.5) is 5.69 Å². The van der Waals surface area contributed by atoms with Gasteiger partial charge in [0.15, 0.2) is 6.10 Å². The zero-order valence-electron chi connectivity index (χ0n) is 22.2. The van der Waals surface area contributed by atoms with Crippen LogP contribution in [-0.2, 0) is 33.3 Å². The van der Waals surface area contributed by atoms with E-state index in [-0.39, 0.29) is 30.6 Å². The molecule has 1 aromatic carbocycles. The van der Waals surface area contributed by atoms with E-state index in [9.17, 15) is 24.0 Å². The molecule has 2 atom stereocenters. The van der Waals surface area contributed by atoms with E-state index in [4.69, 9.17) is 18.9 Å². The van der Waals surface area contributed by atoms with Crippen molar-refractivity contribution in [3.8, 4) is 0 Å². The minimum Gasteiger partial charge on any atom is -0.458 e. The van der Waals surface area contributed by atoms with E-state index in [1.807, 2.05) is 0 Å². The maximum atomic E-state index is 13.1. The molecule has 1 aromatic rings. The lowest BCUT2D eigenvalue weighted by Gasteiger charge is -2.27. The number of nitrogens with one attached hydrogen (secondary N) is 2. The number of hydrogen-bond donors (Lipinski definition) is 2. The number of rotatable bonds is 13. The monoisotopic (exact) mass is 533 g/mol. The Labute approximate surface area is 221 Å². The molecule has 0 aromatic heterocycles. The van der Waals surface area contributed by atoms with Gasteiger partial charge in [-0.2, -0.15) is 0 Å². The van der Waals surface area contributed by atoms with Gasteiger partial charge in [0.1, 0.15) is 11.6 Å². The summed E-state index contributed by atoms with van der Waals surface area (Å²) in [7, 11) is 0. The molecule has 3 rings (SSSR count). The predicted octanol–water partition coefficient (Wildman–Crippen LogP) is 1.28. The van der Waals surface area contributed by atoms with Gasteiger partial charge in [0.05, 0.1) is 44.2 Å². The van der Waals surface area contributed by atoms with Gasteiger partial charge in [-0.05, 0) is 46.2 Å². The number of amides is 4. The summed E-state index contributed by atoms with van der Waals surface area (Å²) in [6, 6.07) is 3.86. The number of carbonyl (C=O) groups is 5. The highest BCUT2D eigenvalue weighted by molar-refractivity contribution is 6.25. The van der Waals surface area contributed by atoms with Gasteiger partial charge in [-0.25, -0.2) is 4.79 Å². The summed E-state index contributed by atoms with van der Waals surface area (Å²) >= 11 is 0. The van der Waals surface area contributed by atoms with Crippen LogP contribution in [0.2, 0.25) is 0 Å². The van der Waals surface area contributed by atoms with Crippen molar-refractivity contribution in [2.75, 3.05) is 44.9 Å². The number of anilines is 1. The largest absolute Gasteiger partial charge is 0.458 e. The van der Waals surface area contributed by atoms with Crippen LogP contribution in [0.1, 0.15) is 61.3 Å². The van der Waals surface area contributed by atoms with Crippen molar-refractivity contribution in [2.45, 2.75) is 58.3 Å². The van der Waals surface area contributed by atoms with E-state index in [1.54, 1.807) is 45.9 Å². The molecule has 2 aliphatic heterocycles. The van der Waals surface area contributed by atoms with Crippen LogP contribution in [-0.4, -0.2) is 91.8 Å². The number of piperidine rings is 1. The molecule has 2 aliphatic rings. The Morgan fingerprint density at radius 2 is 1.74 bits per heavy atom. The van der Waals surface area contributed by atoms with E-state index in [0.29, 0.717) is 38.7 Å². The van der Waals surface area contributed by atoms with E-state index >= 15 is 0 Å². The summed E-state index contributed by atoms with van der Waals surface area (Å²) in [5, 5.41) is 5.29. The maximum absolute atomic E-state index is 13.1. The van der Waals surface area contributed by atoms with Crippen molar-refractivity contribution in [1.29, 1.82) is 0 Å². The number of esters is 1. The molecule has 2 heterocycles. The molecule has 0 radical (unpaired) electrons. The number of imide groups is 2. The lowest BCUT2D eigenvalue weighted by molar-refractivity contribution is -0.168. The summed E-state index contributed by atoms with van der Waals surface area (Å²) in [5.74, 6) is -2.62. The Morgan fingerprint density at radius 1 is 1.05 bits per heavy atom. The number of ether oxygens (including phenoxy) is 4. The summed E-state index contributed by atoms with van der Waals surface area (Å²) in [6.07, 6.45) is -0.518. The summed E-state index contributed by atoms with van der Waals surface area (Å²) in [6.45, 7) is 8.89. The van der Waals surface area contributed by atoms with Crippen LogP contribution < -0.4 is 10.6 Å². The molecule has 38 heavy (non-hydrogen) atoms. The Morgan fingerprint density at radius 3 is 2.42 bits per heavy atom.